The van der Waals surface area contributed by atoms with Crippen LogP contribution in [-0.2, 0) is 0 Å². The van der Waals surface area contributed by atoms with Gasteiger partial charge in [0, 0.05) is 12.0 Å². The fourth-order valence-electron chi connectivity index (χ4n) is 1.21. The molecule has 0 amide bonds. The van der Waals surface area contributed by atoms with Gasteiger partial charge in [-0.2, -0.15) is 0 Å². The van der Waals surface area contributed by atoms with Crippen molar-refractivity contribution < 1.29 is 13.6 Å². The van der Waals surface area contributed by atoms with Crippen molar-refractivity contribution in [2.75, 3.05) is 0 Å². The van der Waals surface area contributed by atoms with Crippen LogP contribution >= 0.6 is 15.9 Å². The van der Waals surface area contributed by atoms with Crippen LogP contribution in [0.1, 0.15) is 36.5 Å². The van der Waals surface area contributed by atoms with Crippen molar-refractivity contribution in [3.05, 3.63) is 33.8 Å². The molecule has 15 heavy (non-hydrogen) atoms. The highest BCUT2D eigenvalue weighted by Crippen LogP contribution is 2.24. The molecule has 0 fully saturated rings. The van der Waals surface area contributed by atoms with E-state index in [4.69, 9.17) is 0 Å². The average molecular weight is 277 g/mol. The van der Waals surface area contributed by atoms with Gasteiger partial charge >= 0.3 is 0 Å². The summed E-state index contributed by atoms with van der Waals surface area (Å²) in [6.45, 7) is 1.97. The molecule has 0 saturated heterocycles. The lowest BCUT2D eigenvalue weighted by Crippen LogP contribution is -2.02. The SMILES string of the molecule is CCCCC(=O)c1ccc(F)c(F)c1Br. The number of benzene rings is 1. The number of halogens is 3. The minimum Gasteiger partial charge on any atom is -0.294 e. The van der Waals surface area contributed by atoms with E-state index < -0.39 is 11.6 Å². The highest BCUT2D eigenvalue weighted by molar-refractivity contribution is 9.10. The van der Waals surface area contributed by atoms with Crippen molar-refractivity contribution in [1.82, 2.24) is 0 Å². The Labute approximate surface area is 95.6 Å². The van der Waals surface area contributed by atoms with Crippen LogP contribution in [0, 0.1) is 11.6 Å². The first-order chi connectivity index (χ1) is 7.07. The van der Waals surface area contributed by atoms with Gasteiger partial charge in [0.2, 0.25) is 0 Å². The fourth-order valence-corrected chi connectivity index (χ4v) is 1.76. The highest BCUT2D eigenvalue weighted by atomic mass is 79.9. The predicted molar refractivity (Wildman–Crippen MR) is 57.9 cm³/mol. The van der Waals surface area contributed by atoms with Gasteiger partial charge in [-0.15, -0.1) is 0 Å². The number of carbonyl (C=O) groups is 1. The highest BCUT2D eigenvalue weighted by Gasteiger charge is 2.15. The molecule has 0 spiro atoms. The smallest absolute Gasteiger partial charge is 0.173 e. The zero-order valence-electron chi connectivity index (χ0n) is 8.32. The number of Topliss-reactive ketones (excluding diaryl/α,β-unsaturated/α-hetero) is 1. The van der Waals surface area contributed by atoms with Crippen molar-refractivity contribution in [1.29, 1.82) is 0 Å². The van der Waals surface area contributed by atoms with Crippen LogP contribution in [0.5, 0.6) is 0 Å². The molecular formula is C11H11BrF2O. The van der Waals surface area contributed by atoms with E-state index in [0.717, 1.165) is 18.9 Å². The van der Waals surface area contributed by atoms with E-state index in [-0.39, 0.29) is 15.8 Å². The van der Waals surface area contributed by atoms with Crippen LogP contribution in [0.4, 0.5) is 8.78 Å². The second kappa shape index (κ2) is 5.35. The number of carbonyl (C=O) groups excluding carboxylic acids is 1. The summed E-state index contributed by atoms with van der Waals surface area (Å²) >= 11 is 2.89. The molecule has 0 unspecified atom stereocenters. The van der Waals surface area contributed by atoms with E-state index in [9.17, 15) is 13.6 Å². The van der Waals surface area contributed by atoms with Gasteiger partial charge in [0.05, 0.1) is 4.47 Å². The van der Waals surface area contributed by atoms with Crippen LogP contribution in [0.15, 0.2) is 16.6 Å². The van der Waals surface area contributed by atoms with Crippen LogP contribution in [0.3, 0.4) is 0 Å². The Hall–Kier alpha value is -0.770. The first-order valence-corrected chi connectivity index (χ1v) is 5.54. The van der Waals surface area contributed by atoms with Gasteiger partial charge in [-0.1, -0.05) is 13.3 Å². The Bertz CT molecular complexity index is 377. The molecule has 1 aromatic carbocycles. The summed E-state index contributed by atoms with van der Waals surface area (Å²) in [4.78, 5) is 11.6. The first-order valence-electron chi connectivity index (χ1n) is 4.74. The van der Waals surface area contributed by atoms with Gasteiger partial charge in [0.1, 0.15) is 0 Å². The molecule has 0 aliphatic carbocycles. The maximum absolute atomic E-state index is 13.1. The summed E-state index contributed by atoms with van der Waals surface area (Å²) in [5.41, 5.74) is 0.211. The number of hydrogen-bond donors (Lipinski definition) is 0. The Kier molecular flexibility index (Phi) is 4.39. The van der Waals surface area contributed by atoms with Crippen LogP contribution < -0.4 is 0 Å². The summed E-state index contributed by atoms with van der Waals surface area (Å²) in [6, 6.07) is 2.28. The number of rotatable bonds is 4. The molecule has 0 aromatic heterocycles. The van der Waals surface area contributed by atoms with E-state index in [1.807, 2.05) is 6.92 Å². The molecule has 0 N–H and O–H groups in total. The summed E-state index contributed by atoms with van der Waals surface area (Å²) in [5, 5.41) is 0. The molecule has 0 saturated carbocycles. The third kappa shape index (κ3) is 2.84. The minimum absolute atomic E-state index is 0.0800. The number of hydrogen-bond acceptors (Lipinski definition) is 1. The Balaban J connectivity index is 2.95. The minimum atomic E-state index is -1.00. The molecule has 82 valence electrons. The lowest BCUT2D eigenvalue weighted by Gasteiger charge is -2.04. The quantitative estimate of drug-likeness (QED) is 0.598. The summed E-state index contributed by atoms with van der Waals surface area (Å²) in [7, 11) is 0. The number of ketones is 1. The Morgan fingerprint density at radius 2 is 2.07 bits per heavy atom. The maximum atomic E-state index is 13.1. The zero-order valence-corrected chi connectivity index (χ0v) is 9.90. The molecule has 0 aliphatic heterocycles. The molecule has 0 bridgehead atoms. The molecule has 0 atom stereocenters. The fraction of sp³-hybridized carbons (Fsp3) is 0.364. The van der Waals surface area contributed by atoms with Crippen LogP contribution in [-0.4, -0.2) is 5.78 Å². The van der Waals surface area contributed by atoms with Crippen molar-refractivity contribution >= 4 is 21.7 Å². The lowest BCUT2D eigenvalue weighted by molar-refractivity contribution is 0.0978. The normalized spacial score (nSPS) is 10.4. The van der Waals surface area contributed by atoms with E-state index in [1.54, 1.807) is 0 Å². The molecule has 4 heteroatoms. The lowest BCUT2D eigenvalue weighted by atomic mass is 10.1. The molecule has 1 rings (SSSR count). The Morgan fingerprint density at radius 1 is 1.40 bits per heavy atom. The van der Waals surface area contributed by atoms with Crippen molar-refractivity contribution in [3.8, 4) is 0 Å². The molecule has 0 radical (unpaired) electrons. The second-order valence-electron chi connectivity index (χ2n) is 3.25. The Morgan fingerprint density at radius 3 is 2.67 bits per heavy atom. The van der Waals surface area contributed by atoms with Crippen molar-refractivity contribution in [3.63, 3.8) is 0 Å². The van der Waals surface area contributed by atoms with E-state index >= 15 is 0 Å². The summed E-state index contributed by atoms with van der Waals surface area (Å²) < 4.78 is 25.8. The topological polar surface area (TPSA) is 17.1 Å². The van der Waals surface area contributed by atoms with Gasteiger partial charge in [0.15, 0.2) is 17.4 Å². The third-order valence-corrected chi connectivity index (χ3v) is 2.87. The first kappa shape index (κ1) is 12.3. The molecule has 0 heterocycles. The maximum Gasteiger partial charge on any atom is 0.173 e. The van der Waals surface area contributed by atoms with E-state index in [0.29, 0.717) is 6.42 Å². The standard InChI is InChI=1S/C11H11BrF2O/c1-2-3-4-9(15)7-5-6-8(13)11(14)10(7)12/h5-6H,2-4H2,1H3. The average Bonchev–Trinajstić information content (AvgIpc) is 2.23. The van der Waals surface area contributed by atoms with Crippen molar-refractivity contribution in [2.45, 2.75) is 26.2 Å². The predicted octanol–water partition coefficient (Wildman–Crippen LogP) is 4.10. The summed E-state index contributed by atoms with van der Waals surface area (Å²) in [6.07, 6.45) is 2.01. The second-order valence-corrected chi connectivity index (χ2v) is 4.04. The van der Waals surface area contributed by atoms with Gasteiger partial charge in [-0.25, -0.2) is 8.78 Å². The van der Waals surface area contributed by atoms with Crippen molar-refractivity contribution in [2.24, 2.45) is 0 Å². The van der Waals surface area contributed by atoms with E-state index in [1.165, 1.54) is 6.07 Å². The molecular weight excluding hydrogens is 266 g/mol. The van der Waals surface area contributed by atoms with Gasteiger partial charge < -0.3 is 0 Å². The van der Waals surface area contributed by atoms with Crippen LogP contribution in [0.25, 0.3) is 0 Å². The molecule has 1 nitrogen and oxygen atoms in total. The van der Waals surface area contributed by atoms with Gasteiger partial charge in [-0.05, 0) is 34.5 Å². The molecule has 0 aliphatic rings. The summed E-state index contributed by atoms with van der Waals surface area (Å²) in [5.74, 6) is -2.12. The van der Waals surface area contributed by atoms with Crippen LogP contribution in [0.2, 0.25) is 0 Å². The monoisotopic (exact) mass is 276 g/mol. The largest absolute Gasteiger partial charge is 0.294 e. The zero-order chi connectivity index (χ0) is 11.4. The molecule has 1 aromatic rings. The van der Waals surface area contributed by atoms with Gasteiger partial charge in [0.25, 0.3) is 0 Å². The van der Waals surface area contributed by atoms with Gasteiger partial charge in [-0.3, -0.25) is 4.79 Å². The third-order valence-electron chi connectivity index (χ3n) is 2.09. The van der Waals surface area contributed by atoms with E-state index in [2.05, 4.69) is 15.9 Å². The number of unbranched alkanes of at least 4 members (excludes halogenated alkanes) is 1.